The van der Waals surface area contributed by atoms with Gasteiger partial charge in [-0.3, -0.25) is 0 Å². The van der Waals surface area contributed by atoms with Crippen LogP contribution in [0.3, 0.4) is 0 Å². The van der Waals surface area contributed by atoms with Gasteiger partial charge in [0.15, 0.2) is 0 Å². The first-order valence-electron chi connectivity index (χ1n) is 8.61. The Morgan fingerprint density at radius 2 is 1.14 bits per heavy atom. The molecular formula is C20H44O2. The number of methoxy groups -OCH3 is 1. The zero-order valence-electron chi connectivity index (χ0n) is 14.4. The van der Waals surface area contributed by atoms with Gasteiger partial charge in [0.1, 0.15) is 0 Å². The highest BCUT2D eigenvalue weighted by Gasteiger charge is 2.21. The SMILES string of the molecule is C.C.CC(C)(C)OC1CCCC1.CC1CC1.COC1CCC1. The first-order valence-corrected chi connectivity index (χ1v) is 8.61. The van der Waals surface area contributed by atoms with Gasteiger partial charge in [0.25, 0.3) is 0 Å². The lowest BCUT2D eigenvalue weighted by Crippen LogP contribution is -2.25. The van der Waals surface area contributed by atoms with Crippen LogP contribution in [0.5, 0.6) is 0 Å². The van der Waals surface area contributed by atoms with E-state index < -0.39 is 0 Å². The summed E-state index contributed by atoms with van der Waals surface area (Å²) in [5, 5.41) is 0. The highest BCUT2D eigenvalue weighted by Crippen LogP contribution is 2.26. The fourth-order valence-corrected chi connectivity index (χ4v) is 2.28. The monoisotopic (exact) mass is 316 g/mol. The number of ether oxygens (including phenoxy) is 2. The molecule has 2 nitrogen and oxygen atoms in total. The van der Waals surface area contributed by atoms with Crippen molar-refractivity contribution in [3.05, 3.63) is 0 Å². The molecule has 3 rings (SSSR count). The Kier molecular flexibility index (Phi) is 13.6. The van der Waals surface area contributed by atoms with E-state index in [2.05, 4.69) is 27.7 Å². The van der Waals surface area contributed by atoms with Crippen molar-refractivity contribution in [2.24, 2.45) is 5.92 Å². The molecule has 0 heterocycles. The Balaban J connectivity index is 0. The predicted molar refractivity (Wildman–Crippen MR) is 99.6 cm³/mol. The van der Waals surface area contributed by atoms with Crippen molar-refractivity contribution in [1.29, 1.82) is 0 Å². The molecule has 0 aromatic rings. The van der Waals surface area contributed by atoms with E-state index in [1.54, 1.807) is 7.11 Å². The summed E-state index contributed by atoms with van der Waals surface area (Å²) in [7, 11) is 1.78. The third-order valence-electron chi connectivity index (χ3n) is 4.07. The lowest BCUT2D eigenvalue weighted by Gasteiger charge is -2.24. The highest BCUT2D eigenvalue weighted by atomic mass is 16.5. The van der Waals surface area contributed by atoms with E-state index >= 15 is 0 Å². The maximum Gasteiger partial charge on any atom is 0.0602 e. The molecule has 136 valence electrons. The van der Waals surface area contributed by atoms with Crippen LogP contribution in [0.25, 0.3) is 0 Å². The summed E-state index contributed by atoms with van der Waals surface area (Å²) < 4.78 is 10.8. The smallest absolute Gasteiger partial charge is 0.0602 e. The molecule has 0 saturated heterocycles. The van der Waals surface area contributed by atoms with Crippen LogP contribution in [-0.4, -0.2) is 24.9 Å². The third kappa shape index (κ3) is 13.6. The van der Waals surface area contributed by atoms with E-state index in [9.17, 15) is 0 Å². The van der Waals surface area contributed by atoms with Crippen molar-refractivity contribution in [3.63, 3.8) is 0 Å². The molecule has 0 aromatic heterocycles. The van der Waals surface area contributed by atoms with Gasteiger partial charge in [0.05, 0.1) is 17.8 Å². The summed E-state index contributed by atoms with van der Waals surface area (Å²) in [4.78, 5) is 0. The van der Waals surface area contributed by atoms with Gasteiger partial charge in [-0.1, -0.05) is 47.5 Å². The molecule has 0 spiro atoms. The van der Waals surface area contributed by atoms with Crippen LogP contribution in [0.15, 0.2) is 0 Å². The van der Waals surface area contributed by atoms with Gasteiger partial charge < -0.3 is 9.47 Å². The molecule has 0 unspecified atom stereocenters. The maximum absolute atomic E-state index is 5.80. The van der Waals surface area contributed by atoms with Gasteiger partial charge in [-0.15, -0.1) is 0 Å². The number of rotatable bonds is 2. The van der Waals surface area contributed by atoms with Crippen LogP contribution in [-0.2, 0) is 9.47 Å². The average Bonchev–Trinajstić information content (AvgIpc) is 2.90. The average molecular weight is 317 g/mol. The molecule has 0 amide bonds. The van der Waals surface area contributed by atoms with Crippen LogP contribution in [0, 0.1) is 5.92 Å². The minimum atomic E-state index is 0. The quantitative estimate of drug-likeness (QED) is 0.570. The molecule has 0 radical (unpaired) electrons. The molecule has 0 aliphatic heterocycles. The van der Waals surface area contributed by atoms with Gasteiger partial charge in [0, 0.05) is 7.11 Å². The van der Waals surface area contributed by atoms with Crippen LogP contribution in [0.1, 0.15) is 100 Å². The fourth-order valence-electron chi connectivity index (χ4n) is 2.28. The van der Waals surface area contributed by atoms with Crippen LogP contribution in [0.4, 0.5) is 0 Å². The number of hydrogen-bond donors (Lipinski definition) is 0. The lowest BCUT2D eigenvalue weighted by atomic mass is 9.96. The zero-order valence-corrected chi connectivity index (χ0v) is 14.4. The van der Waals surface area contributed by atoms with Gasteiger partial charge in [0.2, 0.25) is 0 Å². The van der Waals surface area contributed by atoms with Gasteiger partial charge >= 0.3 is 0 Å². The Bertz CT molecular complexity index is 228. The lowest BCUT2D eigenvalue weighted by molar-refractivity contribution is -0.0558. The third-order valence-corrected chi connectivity index (χ3v) is 4.07. The minimum absolute atomic E-state index is 0. The van der Waals surface area contributed by atoms with E-state index in [1.807, 2.05) is 0 Å². The van der Waals surface area contributed by atoms with Crippen molar-refractivity contribution < 1.29 is 9.47 Å². The summed E-state index contributed by atoms with van der Waals surface area (Å²) in [5.74, 6) is 1.08. The van der Waals surface area contributed by atoms with Crippen LogP contribution < -0.4 is 0 Å². The first kappa shape index (κ1) is 24.2. The Labute approximate surface area is 141 Å². The second kappa shape index (κ2) is 12.4. The highest BCUT2D eigenvalue weighted by molar-refractivity contribution is 4.71. The van der Waals surface area contributed by atoms with E-state index in [-0.39, 0.29) is 20.5 Å². The Morgan fingerprint density at radius 1 is 0.727 bits per heavy atom. The molecular weight excluding hydrogens is 272 g/mol. The molecule has 3 fully saturated rings. The first-order chi connectivity index (χ1) is 9.40. The molecule has 2 heteroatoms. The van der Waals surface area contributed by atoms with Gasteiger partial charge in [-0.25, -0.2) is 0 Å². The topological polar surface area (TPSA) is 18.5 Å². The molecule has 0 bridgehead atoms. The molecule has 3 aliphatic carbocycles. The second-order valence-electron chi connectivity index (χ2n) is 7.61. The summed E-state index contributed by atoms with van der Waals surface area (Å²) in [5.41, 5.74) is 0.0645. The molecule has 0 atom stereocenters. The molecule has 0 aromatic carbocycles. The van der Waals surface area contributed by atoms with Gasteiger partial charge in [-0.2, -0.15) is 0 Å². The van der Waals surface area contributed by atoms with Crippen molar-refractivity contribution in [2.45, 2.75) is 118 Å². The second-order valence-corrected chi connectivity index (χ2v) is 7.61. The standard InChI is InChI=1S/C9H18O.C5H10O.C4H8.2CH4/c1-9(2,3)10-8-6-4-5-7-8;1-6-5-3-2-4-5;1-4-2-3-4;;/h8H,4-7H2,1-3H3;5H,2-4H2,1H3;4H,2-3H2,1H3;2*1H4. The van der Waals surface area contributed by atoms with Crippen LogP contribution >= 0.6 is 0 Å². The van der Waals surface area contributed by atoms with E-state index in [1.165, 1.54) is 57.8 Å². The van der Waals surface area contributed by atoms with Crippen molar-refractivity contribution in [2.75, 3.05) is 7.11 Å². The van der Waals surface area contributed by atoms with Crippen molar-refractivity contribution >= 4 is 0 Å². The van der Waals surface area contributed by atoms with Crippen LogP contribution in [0.2, 0.25) is 0 Å². The molecule has 0 N–H and O–H groups in total. The number of hydrogen-bond acceptors (Lipinski definition) is 2. The normalized spacial score (nSPS) is 21.1. The summed E-state index contributed by atoms with van der Waals surface area (Å²) >= 11 is 0. The summed E-state index contributed by atoms with van der Waals surface area (Å²) in [6.07, 6.45) is 13.4. The largest absolute Gasteiger partial charge is 0.381 e. The van der Waals surface area contributed by atoms with Gasteiger partial charge in [-0.05, 0) is 58.8 Å². The van der Waals surface area contributed by atoms with E-state index in [4.69, 9.17) is 9.47 Å². The summed E-state index contributed by atoms with van der Waals surface area (Å²) in [6.45, 7) is 8.67. The Morgan fingerprint density at radius 3 is 1.32 bits per heavy atom. The van der Waals surface area contributed by atoms with Crippen molar-refractivity contribution in [3.8, 4) is 0 Å². The maximum atomic E-state index is 5.80. The predicted octanol–water partition coefficient (Wildman–Crippen LogP) is 6.62. The molecule has 22 heavy (non-hydrogen) atoms. The fraction of sp³-hybridized carbons (Fsp3) is 1.00. The molecule has 3 aliphatic rings. The Hall–Kier alpha value is -0.0800. The van der Waals surface area contributed by atoms with Crippen molar-refractivity contribution in [1.82, 2.24) is 0 Å². The van der Waals surface area contributed by atoms with E-state index in [0.717, 1.165) is 5.92 Å². The zero-order chi connectivity index (χ0) is 15.0. The summed E-state index contributed by atoms with van der Waals surface area (Å²) in [6, 6.07) is 0. The minimum Gasteiger partial charge on any atom is -0.381 e. The van der Waals surface area contributed by atoms with E-state index in [0.29, 0.717) is 12.2 Å². The molecule has 3 saturated carbocycles.